The van der Waals surface area contributed by atoms with Crippen molar-refractivity contribution in [3.63, 3.8) is 0 Å². The largest absolute Gasteiger partial charge is 1.00 e. The summed E-state index contributed by atoms with van der Waals surface area (Å²) in [6.07, 6.45) is 1.03. The quantitative estimate of drug-likeness (QED) is 0.338. The topological polar surface area (TPSA) is 116 Å². The van der Waals surface area contributed by atoms with Gasteiger partial charge in [0.15, 0.2) is 5.78 Å². The van der Waals surface area contributed by atoms with E-state index in [4.69, 9.17) is 21.7 Å². The molecule has 0 aromatic heterocycles. The van der Waals surface area contributed by atoms with Gasteiger partial charge in [0.1, 0.15) is 0 Å². The number of Topliss-reactive ketones (excluding diaryl/α,β-unsaturated/α-hetero) is 1. The molecular weight excluding hydrogens is 307 g/mol. The summed E-state index contributed by atoms with van der Waals surface area (Å²) < 4.78 is 24.2. The molecule has 100 valence electrons. The van der Waals surface area contributed by atoms with Gasteiger partial charge in [0, 0.05) is 10.6 Å². The van der Waals surface area contributed by atoms with E-state index in [1.54, 1.807) is 0 Å². The van der Waals surface area contributed by atoms with Crippen LogP contribution in [-0.2, 0) is 10.0 Å². The number of benzene rings is 1. The molecule has 0 heterocycles. The number of hydrogen-bond donors (Lipinski definition) is 1. The van der Waals surface area contributed by atoms with Crippen molar-refractivity contribution in [1.29, 1.82) is 0 Å². The normalized spacial score (nSPS) is 9.42. The number of anilines is 1. The third-order valence-corrected chi connectivity index (χ3v) is 2.43. The fourth-order valence-electron chi connectivity index (χ4n) is 1.07. The standard InChI is InChI=1S/C9H10ClNO3S.HNO2.Na/c1-6(12)7-3-8(10)5-9(4-7)11-15(2,13)14;2-1-3;/h3-5,11H,1-2H3;(H,2,3);/q;;+1/p-1. The van der Waals surface area contributed by atoms with E-state index >= 15 is 0 Å². The van der Waals surface area contributed by atoms with Crippen LogP contribution in [0.3, 0.4) is 0 Å². The molecule has 7 nitrogen and oxygen atoms in total. The first kappa shape index (κ1) is 20.6. The third kappa shape index (κ3) is 9.85. The Morgan fingerprint density at radius 3 is 2.21 bits per heavy atom. The van der Waals surface area contributed by atoms with E-state index in [9.17, 15) is 13.2 Å². The second-order valence-corrected chi connectivity index (χ2v) is 5.42. The SMILES string of the molecule is CC(=O)c1cc(Cl)cc(NS(C)(=O)=O)c1.O=N[O-].[Na+]. The molecule has 0 radical (unpaired) electrons. The van der Waals surface area contributed by atoms with Crippen molar-refractivity contribution in [1.82, 2.24) is 0 Å². The predicted molar refractivity (Wildman–Crippen MR) is 69.1 cm³/mol. The maximum Gasteiger partial charge on any atom is 1.00 e. The fourth-order valence-corrected chi connectivity index (χ4v) is 1.85. The molecule has 1 aromatic carbocycles. The van der Waals surface area contributed by atoms with Crippen LogP contribution in [0.5, 0.6) is 0 Å². The number of ketones is 1. The van der Waals surface area contributed by atoms with E-state index in [0.29, 0.717) is 10.6 Å². The minimum atomic E-state index is -3.36. The second kappa shape index (κ2) is 9.27. The van der Waals surface area contributed by atoms with Crippen molar-refractivity contribution in [2.24, 2.45) is 5.34 Å². The van der Waals surface area contributed by atoms with Gasteiger partial charge in [-0.05, 0) is 25.1 Å². The number of nitrogens with zero attached hydrogens (tertiary/aromatic N) is 1. The Morgan fingerprint density at radius 2 is 1.84 bits per heavy atom. The van der Waals surface area contributed by atoms with Crippen LogP contribution in [-0.4, -0.2) is 20.5 Å². The maximum atomic E-state index is 11.1. The summed E-state index contributed by atoms with van der Waals surface area (Å²) in [6.45, 7) is 1.38. The van der Waals surface area contributed by atoms with Crippen LogP contribution in [0.4, 0.5) is 5.69 Å². The smallest absolute Gasteiger partial charge is 0.444 e. The summed E-state index contributed by atoms with van der Waals surface area (Å²) in [5.41, 5.74) is 0.656. The van der Waals surface area contributed by atoms with E-state index in [1.807, 2.05) is 0 Å². The molecule has 0 spiro atoms. The first-order valence-corrected chi connectivity index (χ1v) is 6.71. The molecule has 10 heteroatoms. The van der Waals surface area contributed by atoms with Gasteiger partial charge in [-0.1, -0.05) is 11.6 Å². The van der Waals surface area contributed by atoms with E-state index in [1.165, 1.54) is 25.1 Å². The molecule has 0 bridgehead atoms. The van der Waals surface area contributed by atoms with E-state index in [2.05, 4.69) is 4.72 Å². The van der Waals surface area contributed by atoms with Gasteiger partial charge in [-0.15, -0.1) is 5.34 Å². The monoisotopic (exact) mass is 316 g/mol. The van der Waals surface area contributed by atoms with Crippen LogP contribution in [0.2, 0.25) is 5.02 Å². The molecule has 0 aliphatic rings. The van der Waals surface area contributed by atoms with Gasteiger partial charge in [0.25, 0.3) is 0 Å². The van der Waals surface area contributed by atoms with Gasteiger partial charge in [0.05, 0.1) is 11.9 Å². The molecule has 0 saturated heterocycles. The molecule has 19 heavy (non-hydrogen) atoms. The van der Waals surface area contributed by atoms with Gasteiger partial charge in [-0.25, -0.2) is 8.42 Å². The molecule has 0 atom stereocenters. The van der Waals surface area contributed by atoms with E-state index in [0.717, 1.165) is 11.6 Å². The van der Waals surface area contributed by atoms with Crippen molar-refractivity contribution in [2.45, 2.75) is 6.92 Å². The average Bonchev–Trinajstić information content (AvgIpc) is 2.14. The summed E-state index contributed by atoms with van der Waals surface area (Å²) in [7, 11) is -3.36. The minimum Gasteiger partial charge on any atom is -0.444 e. The maximum absolute atomic E-state index is 11.1. The average molecular weight is 317 g/mol. The zero-order chi connectivity index (χ0) is 14.3. The van der Waals surface area contributed by atoms with Gasteiger partial charge in [-0.3, -0.25) is 9.52 Å². The zero-order valence-corrected chi connectivity index (χ0v) is 14.1. The molecule has 1 rings (SSSR count). The Balaban J connectivity index is 0. The second-order valence-electron chi connectivity index (χ2n) is 3.23. The number of nitrogens with one attached hydrogen (secondary N) is 1. The van der Waals surface area contributed by atoms with Gasteiger partial charge < -0.3 is 10.1 Å². The summed E-state index contributed by atoms with van der Waals surface area (Å²) in [6, 6.07) is 4.36. The third-order valence-electron chi connectivity index (χ3n) is 1.61. The van der Waals surface area contributed by atoms with Crippen LogP contribution in [0.25, 0.3) is 0 Å². The molecule has 1 N–H and O–H groups in total. The first-order chi connectivity index (χ1) is 8.19. The molecule has 1 aromatic rings. The van der Waals surface area contributed by atoms with Crippen LogP contribution in [0, 0.1) is 10.1 Å². The summed E-state index contributed by atoms with van der Waals surface area (Å²) in [5, 5.41) is 9.31. The van der Waals surface area contributed by atoms with E-state index < -0.39 is 10.0 Å². The van der Waals surface area contributed by atoms with Crippen molar-refractivity contribution in [3.05, 3.63) is 38.9 Å². The summed E-state index contributed by atoms with van der Waals surface area (Å²) in [5.74, 6) is -0.172. The van der Waals surface area contributed by atoms with Crippen molar-refractivity contribution in [3.8, 4) is 0 Å². The number of hydrogen-bond acceptors (Lipinski definition) is 6. The number of carbonyl (C=O) groups is 1. The molecule has 0 saturated carbocycles. The Labute approximate surface area is 137 Å². The molecule has 0 amide bonds. The Morgan fingerprint density at radius 1 is 1.37 bits per heavy atom. The van der Waals surface area contributed by atoms with E-state index in [-0.39, 0.29) is 41.0 Å². The van der Waals surface area contributed by atoms with Crippen molar-refractivity contribution in [2.75, 3.05) is 11.0 Å². The van der Waals surface area contributed by atoms with Crippen LogP contribution >= 0.6 is 11.6 Å². The Bertz CT molecular complexity index is 550. The van der Waals surface area contributed by atoms with Gasteiger partial charge >= 0.3 is 29.6 Å². The Hall–Kier alpha value is -0.670. The number of carbonyl (C=O) groups excluding carboxylic acids is 1. The molecule has 0 aliphatic heterocycles. The van der Waals surface area contributed by atoms with Gasteiger partial charge in [-0.2, -0.15) is 0 Å². The number of halogens is 1. The molecule has 0 unspecified atom stereocenters. The minimum absolute atomic E-state index is 0. The number of rotatable bonds is 3. The Kier molecular flexibility index (Phi) is 10.1. The predicted octanol–water partition coefficient (Wildman–Crippen LogP) is -0.831. The first-order valence-electron chi connectivity index (χ1n) is 4.44. The fraction of sp³-hybridized carbons (Fsp3) is 0.222. The van der Waals surface area contributed by atoms with Gasteiger partial charge in [0.2, 0.25) is 10.0 Å². The van der Waals surface area contributed by atoms with Crippen LogP contribution in [0.15, 0.2) is 23.5 Å². The van der Waals surface area contributed by atoms with Crippen molar-refractivity contribution < 1.29 is 42.8 Å². The zero-order valence-electron chi connectivity index (χ0n) is 10.5. The van der Waals surface area contributed by atoms with Crippen LogP contribution in [0.1, 0.15) is 17.3 Å². The number of sulfonamides is 1. The van der Waals surface area contributed by atoms with Crippen LogP contribution < -0.4 is 34.3 Å². The molecule has 0 fully saturated rings. The summed E-state index contributed by atoms with van der Waals surface area (Å²) in [4.78, 5) is 19.1. The summed E-state index contributed by atoms with van der Waals surface area (Å²) >= 11 is 5.74. The molecular formula is C9H10ClN2NaO5S. The molecule has 0 aliphatic carbocycles. The van der Waals surface area contributed by atoms with Crippen molar-refractivity contribution >= 4 is 33.1 Å².